The van der Waals surface area contributed by atoms with Gasteiger partial charge in [-0.2, -0.15) is 0 Å². The van der Waals surface area contributed by atoms with E-state index in [1.807, 2.05) is 54.6 Å². The SMILES string of the molecule is CC(OC(=O)CSc1cnc2ccccc2n1)C(=O)NCc1ccccc1. The number of esters is 1. The highest BCUT2D eigenvalue weighted by molar-refractivity contribution is 7.99. The lowest BCUT2D eigenvalue weighted by atomic mass is 10.2. The second-order valence-corrected chi connectivity index (χ2v) is 6.82. The number of amides is 1. The lowest BCUT2D eigenvalue weighted by Gasteiger charge is -2.13. The molecule has 3 rings (SSSR count). The van der Waals surface area contributed by atoms with Gasteiger partial charge in [-0.3, -0.25) is 14.6 Å². The summed E-state index contributed by atoms with van der Waals surface area (Å²) in [7, 11) is 0. The Bertz CT molecular complexity index is 934. The molecule has 1 atom stereocenters. The van der Waals surface area contributed by atoms with Gasteiger partial charge in [0.1, 0.15) is 5.03 Å². The Morgan fingerprint density at radius 3 is 2.56 bits per heavy atom. The fraction of sp³-hybridized carbons (Fsp3) is 0.200. The molecule has 0 fully saturated rings. The number of nitrogens with one attached hydrogen (secondary N) is 1. The van der Waals surface area contributed by atoms with Crippen LogP contribution in [0.2, 0.25) is 0 Å². The van der Waals surface area contributed by atoms with Crippen molar-refractivity contribution in [1.82, 2.24) is 15.3 Å². The third kappa shape index (κ3) is 5.52. The summed E-state index contributed by atoms with van der Waals surface area (Å²) in [6.45, 7) is 1.95. The maximum atomic E-state index is 12.1. The first-order valence-corrected chi connectivity index (χ1v) is 9.46. The van der Waals surface area contributed by atoms with E-state index in [0.29, 0.717) is 11.6 Å². The van der Waals surface area contributed by atoms with Crippen LogP contribution in [0.4, 0.5) is 0 Å². The molecule has 0 bridgehead atoms. The van der Waals surface area contributed by atoms with Crippen molar-refractivity contribution in [2.24, 2.45) is 0 Å². The van der Waals surface area contributed by atoms with E-state index in [0.717, 1.165) is 16.6 Å². The number of hydrogen-bond acceptors (Lipinski definition) is 6. The Morgan fingerprint density at radius 1 is 1.07 bits per heavy atom. The van der Waals surface area contributed by atoms with E-state index in [4.69, 9.17) is 4.74 Å². The van der Waals surface area contributed by atoms with Crippen LogP contribution in [0.3, 0.4) is 0 Å². The number of fused-ring (bicyclic) bond motifs is 1. The predicted octanol–water partition coefficient (Wildman–Crippen LogP) is 2.97. The molecule has 1 aromatic heterocycles. The standard InChI is InChI=1S/C20H19N3O3S/c1-14(20(25)22-11-15-7-3-2-4-8-15)26-19(24)13-27-18-12-21-16-9-5-6-10-17(16)23-18/h2-10,12,14H,11,13H2,1H3,(H,22,25). The molecule has 0 aliphatic carbocycles. The molecule has 0 saturated heterocycles. The third-order valence-electron chi connectivity index (χ3n) is 3.75. The van der Waals surface area contributed by atoms with Crippen LogP contribution < -0.4 is 5.32 Å². The zero-order valence-corrected chi connectivity index (χ0v) is 15.6. The van der Waals surface area contributed by atoms with Crippen molar-refractivity contribution < 1.29 is 14.3 Å². The average molecular weight is 381 g/mol. The summed E-state index contributed by atoms with van der Waals surface area (Å²) in [4.78, 5) is 32.8. The molecule has 1 unspecified atom stereocenters. The molecular weight excluding hydrogens is 362 g/mol. The summed E-state index contributed by atoms with van der Waals surface area (Å²) in [5.74, 6) is -0.747. The minimum atomic E-state index is -0.857. The first kappa shape index (κ1) is 18.8. The normalized spacial score (nSPS) is 11.7. The summed E-state index contributed by atoms with van der Waals surface area (Å²) >= 11 is 1.23. The van der Waals surface area contributed by atoms with Gasteiger partial charge in [-0.15, -0.1) is 0 Å². The van der Waals surface area contributed by atoms with Crippen LogP contribution >= 0.6 is 11.8 Å². The molecular formula is C20H19N3O3S. The Labute approximate surface area is 161 Å². The zero-order valence-electron chi connectivity index (χ0n) is 14.8. The molecule has 138 valence electrons. The zero-order chi connectivity index (χ0) is 19.1. The fourth-order valence-electron chi connectivity index (χ4n) is 2.36. The Hall–Kier alpha value is -2.93. The smallest absolute Gasteiger partial charge is 0.317 e. The molecule has 0 aliphatic rings. The van der Waals surface area contributed by atoms with Crippen LogP contribution in [0, 0.1) is 0 Å². The molecule has 7 heteroatoms. The number of rotatable bonds is 7. The second-order valence-electron chi connectivity index (χ2n) is 5.82. The van der Waals surface area contributed by atoms with Crippen LogP contribution in [0.1, 0.15) is 12.5 Å². The molecule has 1 N–H and O–H groups in total. The summed E-state index contributed by atoms with van der Waals surface area (Å²) in [5, 5.41) is 3.38. The number of nitrogens with zero attached hydrogens (tertiary/aromatic N) is 2. The quantitative estimate of drug-likeness (QED) is 0.501. The lowest BCUT2D eigenvalue weighted by molar-refractivity contribution is -0.152. The number of carbonyl (C=O) groups excluding carboxylic acids is 2. The second kappa shape index (κ2) is 9.14. The Morgan fingerprint density at radius 2 is 1.78 bits per heavy atom. The molecule has 6 nitrogen and oxygen atoms in total. The number of aromatic nitrogens is 2. The van der Waals surface area contributed by atoms with E-state index in [2.05, 4.69) is 15.3 Å². The van der Waals surface area contributed by atoms with Crippen LogP contribution in [-0.2, 0) is 20.9 Å². The van der Waals surface area contributed by atoms with Crippen molar-refractivity contribution in [3.8, 4) is 0 Å². The molecule has 0 aliphatic heterocycles. The number of ether oxygens (including phenoxy) is 1. The highest BCUT2D eigenvalue weighted by atomic mass is 32.2. The van der Waals surface area contributed by atoms with Crippen molar-refractivity contribution in [3.63, 3.8) is 0 Å². The third-order valence-corrected chi connectivity index (χ3v) is 4.62. The van der Waals surface area contributed by atoms with Crippen molar-refractivity contribution in [2.45, 2.75) is 24.6 Å². The first-order valence-electron chi connectivity index (χ1n) is 8.47. The molecule has 2 aromatic carbocycles. The lowest BCUT2D eigenvalue weighted by Crippen LogP contribution is -2.35. The average Bonchev–Trinajstić information content (AvgIpc) is 2.71. The maximum Gasteiger partial charge on any atom is 0.317 e. The van der Waals surface area contributed by atoms with Crippen LogP contribution in [0.25, 0.3) is 11.0 Å². The number of para-hydroxylation sites is 2. The van der Waals surface area contributed by atoms with Crippen LogP contribution in [-0.4, -0.2) is 33.7 Å². The minimum absolute atomic E-state index is 0.0589. The first-order chi connectivity index (χ1) is 13.1. The minimum Gasteiger partial charge on any atom is -0.452 e. The van der Waals surface area contributed by atoms with E-state index >= 15 is 0 Å². The van der Waals surface area contributed by atoms with E-state index in [1.165, 1.54) is 11.8 Å². The van der Waals surface area contributed by atoms with Crippen LogP contribution in [0.15, 0.2) is 65.8 Å². The molecule has 0 saturated carbocycles. The monoisotopic (exact) mass is 381 g/mol. The van der Waals surface area contributed by atoms with Crippen molar-refractivity contribution >= 4 is 34.7 Å². The summed E-state index contributed by atoms with van der Waals surface area (Å²) in [6.07, 6.45) is 0.764. The summed E-state index contributed by atoms with van der Waals surface area (Å²) < 4.78 is 5.19. The molecule has 1 amide bonds. The van der Waals surface area contributed by atoms with Crippen molar-refractivity contribution in [2.75, 3.05) is 5.75 Å². The number of carbonyl (C=O) groups is 2. The van der Waals surface area contributed by atoms with Gasteiger partial charge in [-0.25, -0.2) is 4.98 Å². The fourth-order valence-corrected chi connectivity index (χ4v) is 2.98. The molecule has 27 heavy (non-hydrogen) atoms. The van der Waals surface area contributed by atoms with E-state index in [1.54, 1.807) is 13.1 Å². The van der Waals surface area contributed by atoms with Crippen molar-refractivity contribution in [1.29, 1.82) is 0 Å². The Kier molecular flexibility index (Phi) is 6.38. The number of thioether (sulfide) groups is 1. The van der Waals surface area contributed by atoms with E-state index < -0.39 is 12.1 Å². The van der Waals surface area contributed by atoms with Gasteiger partial charge >= 0.3 is 5.97 Å². The highest BCUT2D eigenvalue weighted by Crippen LogP contribution is 2.18. The van der Waals surface area contributed by atoms with Crippen LogP contribution in [0.5, 0.6) is 0 Å². The van der Waals surface area contributed by atoms with Gasteiger partial charge in [0, 0.05) is 6.54 Å². The maximum absolute atomic E-state index is 12.1. The predicted molar refractivity (Wildman–Crippen MR) is 104 cm³/mol. The van der Waals surface area contributed by atoms with Gasteiger partial charge in [0.25, 0.3) is 5.91 Å². The molecule has 0 spiro atoms. The van der Waals surface area contributed by atoms with Gasteiger partial charge in [0.05, 0.1) is 23.0 Å². The topological polar surface area (TPSA) is 81.2 Å². The Balaban J connectivity index is 1.45. The van der Waals surface area contributed by atoms with Gasteiger partial charge in [0.15, 0.2) is 6.10 Å². The number of hydrogen-bond donors (Lipinski definition) is 1. The highest BCUT2D eigenvalue weighted by Gasteiger charge is 2.17. The van der Waals surface area contributed by atoms with Gasteiger partial charge < -0.3 is 10.1 Å². The molecule has 1 heterocycles. The molecule has 0 radical (unpaired) electrons. The summed E-state index contributed by atoms with van der Waals surface area (Å²) in [6, 6.07) is 17.1. The van der Waals surface area contributed by atoms with Gasteiger partial charge in [-0.1, -0.05) is 54.2 Å². The van der Waals surface area contributed by atoms with Gasteiger partial charge in [0.2, 0.25) is 0 Å². The summed E-state index contributed by atoms with van der Waals surface area (Å²) in [5.41, 5.74) is 2.55. The van der Waals surface area contributed by atoms with E-state index in [9.17, 15) is 9.59 Å². The molecule has 3 aromatic rings. The van der Waals surface area contributed by atoms with Gasteiger partial charge in [-0.05, 0) is 24.6 Å². The largest absolute Gasteiger partial charge is 0.452 e. The van der Waals surface area contributed by atoms with Crippen molar-refractivity contribution in [3.05, 3.63) is 66.4 Å². The van der Waals surface area contributed by atoms with E-state index in [-0.39, 0.29) is 11.7 Å². The number of benzene rings is 2.